The van der Waals surface area contributed by atoms with Crippen molar-refractivity contribution in [1.29, 1.82) is 0 Å². The fraction of sp³-hybridized carbons (Fsp3) is 0.438. The molecular weight excluding hydrogens is 343 g/mol. The summed E-state index contributed by atoms with van der Waals surface area (Å²) in [6.45, 7) is 4.89. The number of aryl methyl sites for hydroxylation is 1. The van der Waals surface area contributed by atoms with Gasteiger partial charge < -0.3 is 14.4 Å². The number of methoxy groups -OCH3 is 1. The van der Waals surface area contributed by atoms with Gasteiger partial charge in [0.2, 0.25) is 5.91 Å². The van der Waals surface area contributed by atoms with Crippen molar-refractivity contribution in [2.24, 2.45) is 0 Å². The Morgan fingerprint density at radius 3 is 2.76 bits per heavy atom. The second-order valence-electron chi connectivity index (χ2n) is 4.69. The molecule has 0 aliphatic carbocycles. The summed E-state index contributed by atoms with van der Waals surface area (Å²) in [5, 5.41) is 0. The van der Waals surface area contributed by atoms with E-state index in [4.69, 9.17) is 9.47 Å². The van der Waals surface area contributed by atoms with E-state index in [1.807, 2.05) is 32.0 Å². The molecule has 21 heavy (non-hydrogen) atoms. The van der Waals surface area contributed by atoms with E-state index in [1.165, 1.54) is 0 Å². The van der Waals surface area contributed by atoms with Gasteiger partial charge in [0.15, 0.2) is 6.79 Å². The summed E-state index contributed by atoms with van der Waals surface area (Å²) >= 11 is 0. The Bertz CT molecular complexity index is 528. The van der Waals surface area contributed by atoms with Crippen molar-refractivity contribution in [3.05, 3.63) is 35.4 Å². The molecule has 1 amide bonds. The van der Waals surface area contributed by atoms with Crippen LogP contribution in [0.2, 0.25) is 0 Å². The number of benzene rings is 1. The topological polar surface area (TPSA) is 38.8 Å². The number of carbonyl (C=O) groups excluding carboxylic acids is 1. The van der Waals surface area contributed by atoms with Gasteiger partial charge in [0.25, 0.3) is 0 Å². The van der Waals surface area contributed by atoms with E-state index in [1.54, 1.807) is 12.0 Å². The molecule has 1 aliphatic rings. The van der Waals surface area contributed by atoms with Gasteiger partial charge in [-0.05, 0) is 19.1 Å². The van der Waals surface area contributed by atoms with Gasteiger partial charge in [-0.15, -0.1) is 29.3 Å². The minimum Gasteiger partial charge on any atom is -0.468 e. The summed E-state index contributed by atoms with van der Waals surface area (Å²) in [7, 11) is 1.59. The monoisotopic (exact) mass is 363 g/mol. The largest absolute Gasteiger partial charge is 0.468 e. The van der Waals surface area contributed by atoms with E-state index >= 15 is 0 Å². The number of amides is 1. The Morgan fingerprint density at radius 2 is 2.14 bits per heavy atom. The Balaban J connectivity index is 0.00000220. The maximum absolute atomic E-state index is 12.0. The Hall–Kier alpha value is -0.706. The number of hydrogen-bond acceptors (Lipinski definition) is 3. The molecule has 1 heterocycles. The van der Waals surface area contributed by atoms with Gasteiger partial charge in [-0.3, -0.25) is 4.79 Å². The van der Waals surface area contributed by atoms with Crippen molar-refractivity contribution >= 4 is 11.6 Å². The molecule has 4 nitrogen and oxygen atoms in total. The van der Waals surface area contributed by atoms with Crippen molar-refractivity contribution in [1.82, 2.24) is 4.90 Å². The third-order valence-electron chi connectivity index (χ3n) is 3.31. The van der Waals surface area contributed by atoms with Crippen LogP contribution in [-0.2, 0) is 42.2 Å². The first kappa shape index (κ1) is 18.3. The van der Waals surface area contributed by atoms with Gasteiger partial charge in [0, 0.05) is 52.8 Å². The van der Waals surface area contributed by atoms with Gasteiger partial charge in [0.05, 0.1) is 0 Å². The molecule has 5 heteroatoms. The molecule has 0 fully saturated rings. The summed E-state index contributed by atoms with van der Waals surface area (Å²) in [4.78, 5) is 13.7. The van der Waals surface area contributed by atoms with Gasteiger partial charge in [-0.25, -0.2) is 6.08 Å². The Kier molecular flexibility index (Phi) is 7.57. The van der Waals surface area contributed by atoms with E-state index in [-0.39, 0.29) is 45.4 Å². The number of ether oxygens (including phenoxy) is 2. The SMILES string of the molecule is CCN1C(=O)CC[C-]=C1c1ccc(OCOC)cc1C.[Y]. The first-order chi connectivity index (χ1) is 9.67. The minimum absolute atomic E-state index is 0. The quantitative estimate of drug-likeness (QED) is 0.597. The smallest absolute Gasteiger partial charge is 0.223 e. The molecule has 2 rings (SSSR count). The van der Waals surface area contributed by atoms with Crippen LogP contribution in [0.15, 0.2) is 18.2 Å². The molecule has 0 N–H and O–H groups in total. The summed E-state index contributed by atoms with van der Waals surface area (Å²) in [6.07, 6.45) is 4.56. The van der Waals surface area contributed by atoms with E-state index in [2.05, 4.69) is 6.08 Å². The van der Waals surface area contributed by atoms with Crippen molar-refractivity contribution in [2.75, 3.05) is 20.4 Å². The molecule has 0 unspecified atom stereocenters. The van der Waals surface area contributed by atoms with Crippen molar-refractivity contribution in [3.8, 4) is 5.75 Å². The average molecular weight is 363 g/mol. The molecule has 1 radical (unpaired) electrons. The van der Waals surface area contributed by atoms with Crippen molar-refractivity contribution < 1.29 is 47.0 Å². The van der Waals surface area contributed by atoms with Gasteiger partial charge in [0.1, 0.15) is 5.75 Å². The summed E-state index contributed by atoms with van der Waals surface area (Å²) in [5.74, 6) is 0.930. The molecule has 0 spiro atoms. The van der Waals surface area contributed by atoms with Crippen LogP contribution in [0, 0.1) is 13.0 Å². The Labute approximate surface area is 151 Å². The molecular formula is C16H20NO3Y-. The molecule has 0 atom stereocenters. The van der Waals surface area contributed by atoms with Crippen molar-refractivity contribution in [2.45, 2.75) is 26.7 Å². The number of nitrogens with zero attached hydrogens (tertiary/aromatic N) is 1. The van der Waals surface area contributed by atoms with Crippen molar-refractivity contribution in [3.63, 3.8) is 0 Å². The molecule has 1 aromatic carbocycles. The number of rotatable bonds is 5. The molecule has 0 saturated heterocycles. The predicted molar refractivity (Wildman–Crippen MR) is 77.0 cm³/mol. The minimum atomic E-state index is 0. The fourth-order valence-electron chi connectivity index (χ4n) is 2.34. The molecule has 0 bridgehead atoms. The third kappa shape index (κ3) is 4.38. The maximum atomic E-state index is 12.0. The van der Waals surface area contributed by atoms with Crippen LogP contribution in [0.1, 0.15) is 30.9 Å². The summed E-state index contributed by atoms with van der Waals surface area (Å²) in [6, 6.07) is 5.82. The van der Waals surface area contributed by atoms with Gasteiger partial charge in [-0.1, -0.05) is 6.92 Å². The van der Waals surface area contributed by atoms with Crippen LogP contribution < -0.4 is 4.74 Å². The molecule has 1 aliphatic heterocycles. The number of hydrogen-bond donors (Lipinski definition) is 0. The summed E-state index contributed by atoms with van der Waals surface area (Å²) < 4.78 is 10.3. The fourth-order valence-corrected chi connectivity index (χ4v) is 2.34. The van der Waals surface area contributed by atoms with Crippen LogP contribution in [0.3, 0.4) is 0 Å². The van der Waals surface area contributed by atoms with E-state index in [0.717, 1.165) is 22.6 Å². The predicted octanol–water partition coefficient (Wildman–Crippen LogP) is 2.76. The number of carbonyl (C=O) groups is 1. The van der Waals surface area contributed by atoms with Gasteiger partial charge in [-0.2, -0.15) is 0 Å². The molecule has 111 valence electrons. The van der Waals surface area contributed by atoms with Gasteiger partial charge >= 0.3 is 0 Å². The zero-order valence-electron chi connectivity index (χ0n) is 12.8. The molecule has 1 aromatic rings. The normalized spacial score (nSPS) is 14.5. The zero-order valence-corrected chi connectivity index (χ0v) is 15.6. The van der Waals surface area contributed by atoms with Crippen LogP contribution in [0.25, 0.3) is 5.70 Å². The second kappa shape index (κ2) is 8.67. The third-order valence-corrected chi connectivity index (χ3v) is 3.31. The van der Waals surface area contributed by atoms with Crippen LogP contribution in [0.5, 0.6) is 5.75 Å². The zero-order chi connectivity index (χ0) is 14.5. The van der Waals surface area contributed by atoms with E-state index in [0.29, 0.717) is 19.4 Å². The number of allylic oxidation sites excluding steroid dienone is 1. The van der Waals surface area contributed by atoms with E-state index in [9.17, 15) is 4.79 Å². The average Bonchev–Trinajstić information content (AvgIpc) is 2.45. The van der Waals surface area contributed by atoms with Crippen LogP contribution in [0.4, 0.5) is 0 Å². The Morgan fingerprint density at radius 1 is 1.38 bits per heavy atom. The van der Waals surface area contributed by atoms with Crippen LogP contribution >= 0.6 is 0 Å². The second-order valence-corrected chi connectivity index (χ2v) is 4.69. The maximum Gasteiger partial charge on any atom is 0.223 e. The first-order valence-electron chi connectivity index (χ1n) is 6.81. The van der Waals surface area contributed by atoms with E-state index < -0.39 is 0 Å². The standard InChI is InChI=1S/C16H20NO3.Y/c1-4-17-15(6-5-7-16(17)18)14-9-8-13(10-12(14)2)20-11-19-3;/h8-10H,4-5,7,11H2,1-3H3;/q-1;. The van der Waals surface area contributed by atoms with Crippen LogP contribution in [-0.4, -0.2) is 31.3 Å². The summed E-state index contributed by atoms with van der Waals surface area (Å²) in [5.41, 5.74) is 2.98. The molecule has 0 saturated carbocycles. The molecule has 0 aromatic heterocycles. The first-order valence-corrected chi connectivity index (χ1v) is 6.81.